The first kappa shape index (κ1) is 23.2. The average molecular weight is 499 g/mol. The lowest BCUT2D eigenvalue weighted by Crippen LogP contribution is -2.46. The summed E-state index contributed by atoms with van der Waals surface area (Å²) in [4.78, 5) is 17.7. The van der Waals surface area contributed by atoms with E-state index in [0.717, 1.165) is 49.3 Å². The molecule has 0 aliphatic carbocycles. The van der Waals surface area contributed by atoms with Gasteiger partial charge in [-0.25, -0.2) is 4.39 Å². The summed E-state index contributed by atoms with van der Waals surface area (Å²) in [7, 11) is 0. The van der Waals surface area contributed by atoms with Gasteiger partial charge in [-0.1, -0.05) is 60.1 Å². The number of likely N-dealkylation sites (tertiary alicyclic amines) is 1. The van der Waals surface area contributed by atoms with Crippen LogP contribution in [0.2, 0.25) is 5.02 Å². The van der Waals surface area contributed by atoms with Crippen LogP contribution in [0.15, 0.2) is 84.9 Å². The molecule has 0 radical (unpaired) electrons. The van der Waals surface area contributed by atoms with Gasteiger partial charge < -0.3 is 4.90 Å². The molecule has 182 valence electrons. The number of carbonyl (C=O) groups is 1. The molecule has 2 heterocycles. The fourth-order valence-electron chi connectivity index (χ4n) is 5.90. The fourth-order valence-corrected chi connectivity index (χ4v) is 6.02. The molecule has 1 fully saturated rings. The number of rotatable bonds is 4. The van der Waals surface area contributed by atoms with Crippen molar-refractivity contribution in [3.05, 3.63) is 112 Å². The number of benzene rings is 4. The van der Waals surface area contributed by atoms with Gasteiger partial charge in [-0.2, -0.15) is 0 Å². The molecule has 0 aromatic heterocycles. The first-order valence-corrected chi connectivity index (χ1v) is 12.9. The first-order valence-electron chi connectivity index (χ1n) is 12.5. The lowest BCUT2D eigenvalue weighted by molar-refractivity contribution is -0.118. The third-order valence-electron chi connectivity index (χ3n) is 7.88. The van der Waals surface area contributed by atoms with Crippen molar-refractivity contribution < 1.29 is 9.18 Å². The van der Waals surface area contributed by atoms with Crippen LogP contribution in [-0.2, 0) is 23.2 Å². The predicted octanol–water partition coefficient (Wildman–Crippen LogP) is 6.76. The van der Waals surface area contributed by atoms with Gasteiger partial charge in [-0.15, -0.1) is 0 Å². The van der Waals surface area contributed by atoms with Crippen molar-refractivity contribution >= 4 is 34.0 Å². The molecule has 0 bridgehead atoms. The Labute approximate surface area is 216 Å². The Bertz CT molecular complexity index is 1430. The number of carbonyl (C=O) groups excluding carboxylic acids is 1. The van der Waals surface area contributed by atoms with Crippen LogP contribution >= 0.6 is 11.6 Å². The third-order valence-corrected chi connectivity index (χ3v) is 8.14. The molecule has 36 heavy (non-hydrogen) atoms. The second kappa shape index (κ2) is 9.34. The summed E-state index contributed by atoms with van der Waals surface area (Å²) in [5.41, 5.74) is 3.88. The van der Waals surface area contributed by atoms with Gasteiger partial charge in [0.25, 0.3) is 0 Å². The Morgan fingerprint density at radius 3 is 2.36 bits per heavy atom. The minimum Gasteiger partial charge on any atom is -0.311 e. The molecule has 2 aliphatic heterocycles. The summed E-state index contributed by atoms with van der Waals surface area (Å²) < 4.78 is 14.4. The maximum atomic E-state index is 14.4. The van der Waals surface area contributed by atoms with Crippen molar-refractivity contribution in [3.63, 3.8) is 0 Å². The lowest BCUT2D eigenvalue weighted by atomic mass is 9.74. The Morgan fingerprint density at radius 1 is 0.861 bits per heavy atom. The minimum absolute atomic E-state index is 0.0423. The SMILES string of the molecule is O=C(Cc1ccc(Cl)cc1)N1CC2(CCN(Cc3ccc4ccccc4c3)CC2)c2cc(F)ccc21. The van der Waals surface area contributed by atoms with Crippen LogP contribution in [0.5, 0.6) is 0 Å². The molecule has 1 amide bonds. The topological polar surface area (TPSA) is 23.6 Å². The molecule has 2 aliphatic rings. The van der Waals surface area contributed by atoms with E-state index in [1.165, 1.54) is 22.4 Å². The van der Waals surface area contributed by atoms with Gasteiger partial charge in [-0.05, 0) is 89.8 Å². The number of nitrogens with zero attached hydrogens (tertiary/aromatic N) is 2. The smallest absolute Gasteiger partial charge is 0.231 e. The van der Waals surface area contributed by atoms with Gasteiger partial charge in [0.2, 0.25) is 5.91 Å². The summed E-state index contributed by atoms with van der Waals surface area (Å²) in [5.74, 6) is -0.195. The van der Waals surface area contributed by atoms with Gasteiger partial charge in [0.05, 0.1) is 6.42 Å². The summed E-state index contributed by atoms with van der Waals surface area (Å²) in [6.45, 7) is 3.35. The van der Waals surface area contributed by atoms with E-state index in [-0.39, 0.29) is 17.1 Å². The molecule has 0 atom stereocenters. The monoisotopic (exact) mass is 498 g/mol. The Hall–Kier alpha value is -3.21. The number of amides is 1. The van der Waals surface area contributed by atoms with Crippen molar-refractivity contribution in [3.8, 4) is 0 Å². The van der Waals surface area contributed by atoms with Gasteiger partial charge in [0.1, 0.15) is 5.82 Å². The molecule has 4 aromatic rings. The quantitative estimate of drug-likeness (QED) is 0.310. The zero-order valence-electron chi connectivity index (χ0n) is 20.1. The van der Waals surface area contributed by atoms with Crippen LogP contribution in [0.25, 0.3) is 10.8 Å². The van der Waals surface area contributed by atoms with E-state index in [1.807, 2.05) is 29.2 Å². The van der Waals surface area contributed by atoms with E-state index in [0.29, 0.717) is 18.0 Å². The summed E-state index contributed by atoms with van der Waals surface area (Å²) in [6, 6.07) is 27.4. The van der Waals surface area contributed by atoms with Crippen LogP contribution in [0.1, 0.15) is 29.5 Å². The molecule has 1 spiro atoms. The van der Waals surface area contributed by atoms with Crippen molar-refractivity contribution in [2.45, 2.75) is 31.2 Å². The highest BCUT2D eigenvalue weighted by molar-refractivity contribution is 6.30. The van der Waals surface area contributed by atoms with E-state index in [2.05, 4.69) is 47.4 Å². The normalized spacial score (nSPS) is 17.0. The number of hydrogen-bond acceptors (Lipinski definition) is 2. The highest BCUT2D eigenvalue weighted by atomic mass is 35.5. The molecular formula is C31H28ClFN2O. The highest BCUT2D eigenvalue weighted by Gasteiger charge is 2.46. The van der Waals surface area contributed by atoms with Gasteiger partial charge in [-0.3, -0.25) is 9.69 Å². The Kier molecular flexibility index (Phi) is 6.02. The van der Waals surface area contributed by atoms with E-state index >= 15 is 0 Å². The Morgan fingerprint density at radius 2 is 1.58 bits per heavy atom. The van der Waals surface area contributed by atoms with Gasteiger partial charge in [0.15, 0.2) is 0 Å². The van der Waals surface area contributed by atoms with E-state index in [9.17, 15) is 9.18 Å². The van der Waals surface area contributed by atoms with Crippen molar-refractivity contribution in [1.82, 2.24) is 4.90 Å². The zero-order valence-corrected chi connectivity index (χ0v) is 20.8. The molecule has 1 saturated heterocycles. The standard InChI is InChI=1S/C31H28ClFN2O/c32-26-9-6-22(7-10-26)18-30(36)35-21-31(28-19-27(33)11-12-29(28)35)13-15-34(16-14-31)20-23-5-8-24-3-1-2-4-25(24)17-23/h1-12,17,19H,13-16,18,20-21H2. The number of hydrogen-bond donors (Lipinski definition) is 0. The molecular weight excluding hydrogens is 471 g/mol. The maximum Gasteiger partial charge on any atom is 0.231 e. The summed E-state index contributed by atoms with van der Waals surface area (Å²) >= 11 is 6.01. The predicted molar refractivity (Wildman–Crippen MR) is 144 cm³/mol. The highest BCUT2D eigenvalue weighted by Crippen LogP contribution is 2.47. The number of fused-ring (bicyclic) bond motifs is 3. The molecule has 0 N–H and O–H groups in total. The Balaban J connectivity index is 1.19. The van der Waals surface area contributed by atoms with Gasteiger partial charge in [0, 0.05) is 29.2 Å². The second-order valence-corrected chi connectivity index (χ2v) is 10.6. The van der Waals surface area contributed by atoms with Crippen LogP contribution < -0.4 is 4.90 Å². The van der Waals surface area contributed by atoms with E-state index in [4.69, 9.17) is 11.6 Å². The summed E-state index contributed by atoms with van der Waals surface area (Å²) in [5, 5.41) is 3.17. The van der Waals surface area contributed by atoms with Crippen molar-refractivity contribution in [1.29, 1.82) is 0 Å². The van der Waals surface area contributed by atoms with E-state index < -0.39 is 0 Å². The average Bonchev–Trinajstić information content (AvgIpc) is 3.20. The minimum atomic E-state index is -0.237. The number of piperidine rings is 1. The third kappa shape index (κ3) is 4.40. The summed E-state index contributed by atoms with van der Waals surface area (Å²) in [6.07, 6.45) is 2.11. The molecule has 5 heteroatoms. The van der Waals surface area contributed by atoms with Crippen molar-refractivity contribution in [2.24, 2.45) is 0 Å². The lowest BCUT2D eigenvalue weighted by Gasteiger charge is -2.40. The second-order valence-electron chi connectivity index (χ2n) is 10.2. The maximum absolute atomic E-state index is 14.4. The number of halogens is 2. The number of anilines is 1. The fraction of sp³-hybridized carbons (Fsp3) is 0.258. The molecule has 0 saturated carbocycles. The molecule has 0 unspecified atom stereocenters. The zero-order chi connectivity index (χ0) is 24.7. The molecule has 3 nitrogen and oxygen atoms in total. The van der Waals surface area contributed by atoms with Gasteiger partial charge >= 0.3 is 0 Å². The van der Waals surface area contributed by atoms with Crippen LogP contribution in [-0.4, -0.2) is 30.4 Å². The first-order chi connectivity index (χ1) is 17.5. The van der Waals surface area contributed by atoms with Crippen LogP contribution in [0.3, 0.4) is 0 Å². The largest absolute Gasteiger partial charge is 0.311 e. The van der Waals surface area contributed by atoms with Crippen LogP contribution in [0.4, 0.5) is 10.1 Å². The molecule has 4 aromatic carbocycles. The van der Waals surface area contributed by atoms with Crippen molar-refractivity contribution in [2.75, 3.05) is 24.5 Å². The molecule has 6 rings (SSSR count). The van der Waals surface area contributed by atoms with Crippen LogP contribution in [0, 0.1) is 5.82 Å². The van der Waals surface area contributed by atoms with E-state index in [1.54, 1.807) is 12.1 Å².